The summed E-state index contributed by atoms with van der Waals surface area (Å²) in [4.78, 5) is 5.31. The van der Waals surface area contributed by atoms with E-state index in [4.69, 9.17) is 0 Å². The maximum absolute atomic E-state index is 3.61. The Labute approximate surface area is 113 Å². The van der Waals surface area contributed by atoms with Crippen LogP contribution in [0.15, 0.2) is 0 Å². The molecule has 3 heteroatoms. The minimum absolute atomic E-state index is 0.554. The Bertz CT molecular complexity index is 238. The Hall–Kier alpha value is -0.120. The van der Waals surface area contributed by atoms with Crippen molar-refractivity contribution in [1.82, 2.24) is 15.1 Å². The lowest BCUT2D eigenvalue weighted by atomic mass is 9.78. The fourth-order valence-corrected chi connectivity index (χ4v) is 3.49. The number of nitrogens with one attached hydrogen (secondary N) is 1. The molecule has 0 bridgehead atoms. The van der Waals surface area contributed by atoms with Gasteiger partial charge in [0.2, 0.25) is 0 Å². The van der Waals surface area contributed by atoms with Crippen molar-refractivity contribution in [3.05, 3.63) is 0 Å². The quantitative estimate of drug-likeness (QED) is 0.824. The largest absolute Gasteiger partial charge is 0.316 e. The van der Waals surface area contributed by atoms with Crippen LogP contribution in [0.3, 0.4) is 0 Å². The highest BCUT2D eigenvalue weighted by Crippen LogP contribution is 2.31. The molecule has 2 aliphatic rings. The third-order valence-corrected chi connectivity index (χ3v) is 5.01. The summed E-state index contributed by atoms with van der Waals surface area (Å²) in [5, 5.41) is 3.61. The van der Waals surface area contributed by atoms with Gasteiger partial charge in [-0.3, -0.25) is 4.90 Å². The highest BCUT2D eigenvalue weighted by atomic mass is 15.3. The van der Waals surface area contributed by atoms with E-state index in [1.807, 2.05) is 0 Å². The molecule has 0 aliphatic carbocycles. The molecule has 18 heavy (non-hydrogen) atoms. The van der Waals surface area contributed by atoms with E-state index in [0.29, 0.717) is 11.5 Å². The Morgan fingerprint density at radius 1 is 1.17 bits per heavy atom. The number of nitrogens with zero attached hydrogens (tertiary/aromatic N) is 2. The summed E-state index contributed by atoms with van der Waals surface area (Å²) in [5.74, 6) is 0. The van der Waals surface area contributed by atoms with E-state index in [2.05, 4.69) is 35.9 Å². The molecule has 0 saturated carbocycles. The smallest absolute Gasteiger partial charge is 0.0113 e. The molecular formula is C15H31N3. The van der Waals surface area contributed by atoms with Crippen molar-refractivity contribution in [2.75, 3.05) is 45.8 Å². The fraction of sp³-hybridized carbons (Fsp3) is 1.00. The van der Waals surface area contributed by atoms with E-state index in [0.717, 1.165) is 0 Å². The molecule has 0 radical (unpaired) electrons. The average molecular weight is 253 g/mol. The zero-order valence-electron chi connectivity index (χ0n) is 12.5. The second-order valence-electron chi connectivity index (χ2n) is 6.54. The van der Waals surface area contributed by atoms with Gasteiger partial charge in [0.15, 0.2) is 0 Å². The first-order valence-corrected chi connectivity index (χ1v) is 7.82. The monoisotopic (exact) mass is 253 g/mol. The van der Waals surface area contributed by atoms with Crippen LogP contribution in [0.1, 0.15) is 40.0 Å². The summed E-state index contributed by atoms with van der Waals surface area (Å²) < 4.78 is 0. The Balaban J connectivity index is 1.82. The first-order chi connectivity index (χ1) is 8.65. The van der Waals surface area contributed by atoms with Gasteiger partial charge < -0.3 is 10.2 Å². The number of rotatable bonds is 4. The van der Waals surface area contributed by atoms with Crippen molar-refractivity contribution >= 4 is 0 Å². The lowest BCUT2D eigenvalue weighted by Crippen LogP contribution is -2.54. The fourth-order valence-electron chi connectivity index (χ4n) is 3.49. The van der Waals surface area contributed by atoms with Gasteiger partial charge in [-0.25, -0.2) is 0 Å². The van der Waals surface area contributed by atoms with Crippen LogP contribution in [0, 0.1) is 5.41 Å². The lowest BCUT2D eigenvalue weighted by molar-refractivity contribution is 0.0567. The molecule has 2 aliphatic heterocycles. The van der Waals surface area contributed by atoms with E-state index < -0.39 is 0 Å². The summed E-state index contributed by atoms with van der Waals surface area (Å²) in [6.07, 6.45) is 4.10. The minimum atomic E-state index is 0.554. The van der Waals surface area contributed by atoms with E-state index >= 15 is 0 Å². The standard InChI is InChI=1S/C15H31N3/c1-4-15(6-5-7-16-12-15)13-17-8-10-18(11-9-17)14(2)3/h14,16H,4-13H2,1-3H3. The molecule has 0 amide bonds. The van der Waals surface area contributed by atoms with E-state index in [9.17, 15) is 0 Å². The molecule has 0 aromatic carbocycles. The van der Waals surface area contributed by atoms with Gasteiger partial charge in [-0.2, -0.15) is 0 Å². The van der Waals surface area contributed by atoms with Gasteiger partial charge in [-0.05, 0) is 45.1 Å². The molecule has 0 aromatic rings. The lowest BCUT2D eigenvalue weighted by Gasteiger charge is -2.44. The molecular weight excluding hydrogens is 222 g/mol. The topological polar surface area (TPSA) is 18.5 Å². The predicted molar refractivity (Wildman–Crippen MR) is 78.0 cm³/mol. The Morgan fingerprint density at radius 3 is 2.39 bits per heavy atom. The third kappa shape index (κ3) is 3.46. The predicted octanol–water partition coefficient (Wildman–Crippen LogP) is 1.79. The van der Waals surface area contributed by atoms with Gasteiger partial charge >= 0.3 is 0 Å². The van der Waals surface area contributed by atoms with Crippen LogP contribution in [-0.2, 0) is 0 Å². The van der Waals surface area contributed by atoms with Crippen LogP contribution in [0.4, 0.5) is 0 Å². The summed E-state index contributed by atoms with van der Waals surface area (Å²) in [6.45, 7) is 15.8. The van der Waals surface area contributed by atoms with Gasteiger partial charge in [0.1, 0.15) is 0 Å². The van der Waals surface area contributed by atoms with Crippen molar-refractivity contribution in [1.29, 1.82) is 0 Å². The van der Waals surface area contributed by atoms with Crippen LogP contribution >= 0.6 is 0 Å². The van der Waals surface area contributed by atoms with Crippen molar-refractivity contribution < 1.29 is 0 Å². The van der Waals surface area contributed by atoms with Crippen molar-refractivity contribution in [2.45, 2.75) is 46.1 Å². The van der Waals surface area contributed by atoms with Crippen LogP contribution in [0.2, 0.25) is 0 Å². The molecule has 0 spiro atoms. The van der Waals surface area contributed by atoms with E-state index in [-0.39, 0.29) is 0 Å². The molecule has 2 heterocycles. The van der Waals surface area contributed by atoms with Crippen molar-refractivity contribution in [3.8, 4) is 0 Å². The van der Waals surface area contributed by atoms with Gasteiger partial charge in [-0.15, -0.1) is 0 Å². The van der Waals surface area contributed by atoms with E-state index in [1.165, 1.54) is 65.1 Å². The summed E-state index contributed by atoms with van der Waals surface area (Å²) in [7, 11) is 0. The van der Waals surface area contributed by atoms with Gasteiger partial charge in [-0.1, -0.05) is 6.92 Å². The third-order valence-electron chi connectivity index (χ3n) is 5.01. The maximum atomic E-state index is 3.61. The van der Waals surface area contributed by atoms with Crippen LogP contribution in [-0.4, -0.2) is 61.7 Å². The second kappa shape index (κ2) is 6.36. The zero-order chi connectivity index (χ0) is 13.0. The van der Waals surface area contributed by atoms with E-state index in [1.54, 1.807) is 0 Å². The van der Waals surface area contributed by atoms with Crippen LogP contribution in [0.5, 0.6) is 0 Å². The minimum Gasteiger partial charge on any atom is -0.316 e. The van der Waals surface area contributed by atoms with Gasteiger partial charge in [0.25, 0.3) is 0 Å². The van der Waals surface area contributed by atoms with Gasteiger partial charge in [0, 0.05) is 45.3 Å². The maximum Gasteiger partial charge on any atom is 0.0113 e. The highest BCUT2D eigenvalue weighted by Gasteiger charge is 2.33. The molecule has 1 atom stereocenters. The number of piperazine rings is 1. The Kier molecular flexibility index (Phi) is 5.05. The van der Waals surface area contributed by atoms with Crippen LogP contribution in [0.25, 0.3) is 0 Å². The zero-order valence-corrected chi connectivity index (χ0v) is 12.5. The van der Waals surface area contributed by atoms with Crippen molar-refractivity contribution in [2.24, 2.45) is 5.41 Å². The molecule has 3 nitrogen and oxygen atoms in total. The SMILES string of the molecule is CCC1(CN2CCN(C(C)C)CC2)CCCNC1. The molecule has 2 saturated heterocycles. The molecule has 1 N–H and O–H groups in total. The highest BCUT2D eigenvalue weighted by molar-refractivity contribution is 4.88. The molecule has 0 aromatic heterocycles. The van der Waals surface area contributed by atoms with Crippen LogP contribution < -0.4 is 5.32 Å². The summed E-state index contributed by atoms with van der Waals surface area (Å²) in [6, 6.07) is 0.712. The Morgan fingerprint density at radius 2 is 1.89 bits per heavy atom. The molecule has 1 unspecified atom stereocenters. The first kappa shape index (κ1) is 14.3. The summed E-state index contributed by atoms with van der Waals surface area (Å²) in [5.41, 5.74) is 0.554. The van der Waals surface area contributed by atoms with Gasteiger partial charge in [0.05, 0.1) is 0 Å². The first-order valence-electron chi connectivity index (χ1n) is 7.82. The van der Waals surface area contributed by atoms with Crippen molar-refractivity contribution in [3.63, 3.8) is 0 Å². The number of hydrogen-bond donors (Lipinski definition) is 1. The number of hydrogen-bond acceptors (Lipinski definition) is 3. The number of piperidine rings is 1. The molecule has 106 valence electrons. The second-order valence-corrected chi connectivity index (χ2v) is 6.54. The average Bonchev–Trinajstić information content (AvgIpc) is 2.40. The molecule has 2 rings (SSSR count). The summed E-state index contributed by atoms with van der Waals surface area (Å²) >= 11 is 0. The molecule has 2 fully saturated rings. The normalized spacial score (nSPS) is 32.0.